The van der Waals surface area contributed by atoms with Gasteiger partial charge in [0.15, 0.2) is 0 Å². The van der Waals surface area contributed by atoms with Crippen molar-refractivity contribution in [2.75, 3.05) is 19.6 Å². The highest BCUT2D eigenvalue weighted by atomic mass is 16.4. The topological polar surface area (TPSA) is 69.6 Å². The molecule has 0 atom stereocenters. The summed E-state index contributed by atoms with van der Waals surface area (Å²) in [5.41, 5.74) is -0.184. The summed E-state index contributed by atoms with van der Waals surface area (Å²) >= 11 is 0. The summed E-state index contributed by atoms with van der Waals surface area (Å²) < 4.78 is 0. The van der Waals surface area contributed by atoms with Gasteiger partial charge in [0.25, 0.3) is 0 Å². The van der Waals surface area contributed by atoms with Crippen molar-refractivity contribution in [2.24, 2.45) is 5.92 Å². The number of carbonyl (C=O) groups is 2. The third-order valence-corrected chi connectivity index (χ3v) is 3.36. The van der Waals surface area contributed by atoms with Crippen LogP contribution in [-0.4, -0.2) is 47.1 Å². The van der Waals surface area contributed by atoms with Crippen molar-refractivity contribution in [3.05, 3.63) is 0 Å². The normalized spacial score (nSPS) is 18.3. The van der Waals surface area contributed by atoms with E-state index in [1.165, 1.54) is 0 Å². The van der Waals surface area contributed by atoms with Crippen molar-refractivity contribution in [2.45, 2.75) is 52.0 Å². The van der Waals surface area contributed by atoms with Crippen molar-refractivity contribution in [1.29, 1.82) is 0 Å². The number of hydrogen-bond donors (Lipinski definition) is 2. The molecule has 0 aromatic heterocycles. The Kier molecular flexibility index (Phi) is 5.79. The van der Waals surface area contributed by atoms with E-state index >= 15 is 0 Å². The zero-order valence-electron chi connectivity index (χ0n) is 12.2. The van der Waals surface area contributed by atoms with E-state index in [4.69, 9.17) is 5.11 Å². The summed E-state index contributed by atoms with van der Waals surface area (Å²) in [4.78, 5) is 24.5. The van der Waals surface area contributed by atoms with Crippen LogP contribution in [0.25, 0.3) is 0 Å². The number of piperidine rings is 1. The number of nitrogens with zero attached hydrogens (tertiary/aromatic N) is 1. The maximum absolute atomic E-state index is 11.8. The van der Waals surface area contributed by atoms with E-state index in [9.17, 15) is 9.59 Å². The van der Waals surface area contributed by atoms with Crippen LogP contribution in [-0.2, 0) is 9.59 Å². The summed E-state index contributed by atoms with van der Waals surface area (Å²) in [6, 6.07) is 0. The smallest absolute Gasteiger partial charge is 0.303 e. The number of rotatable bonds is 5. The van der Waals surface area contributed by atoms with Gasteiger partial charge in [0.1, 0.15) is 0 Å². The predicted octanol–water partition coefficient (Wildman–Crippen LogP) is 1.48. The van der Waals surface area contributed by atoms with Gasteiger partial charge in [-0.2, -0.15) is 0 Å². The molecular weight excluding hydrogens is 244 g/mol. The molecule has 2 N–H and O–H groups in total. The van der Waals surface area contributed by atoms with E-state index in [-0.39, 0.29) is 17.9 Å². The first-order valence-corrected chi connectivity index (χ1v) is 7.01. The quantitative estimate of drug-likeness (QED) is 0.794. The number of likely N-dealkylation sites (tertiary alicyclic amines) is 1. The standard InChI is InChI=1S/C14H26N2O3/c1-14(2,3)15-12(17)10-16-8-6-11(7-9-16)4-5-13(18)19/h11H,4-10H2,1-3H3,(H,15,17)(H,18,19). The number of carboxylic acid groups (broad SMARTS) is 1. The number of aliphatic carboxylic acids is 1. The molecule has 0 radical (unpaired) electrons. The average Bonchev–Trinajstić information content (AvgIpc) is 2.25. The molecule has 1 fully saturated rings. The van der Waals surface area contributed by atoms with E-state index in [0.717, 1.165) is 32.4 Å². The molecule has 0 saturated carbocycles. The molecule has 1 amide bonds. The fourth-order valence-electron chi connectivity index (χ4n) is 2.42. The van der Waals surface area contributed by atoms with Crippen molar-refractivity contribution in [3.63, 3.8) is 0 Å². The van der Waals surface area contributed by atoms with E-state index < -0.39 is 5.97 Å². The van der Waals surface area contributed by atoms with Crippen LogP contribution in [0.15, 0.2) is 0 Å². The third-order valence-electron chi connectivity index (χ3n) is 3.36. The van der Waals surface area contributed by atoms with Gasteiger partial charge in [0.2, 0.25) is 5.91 Å². The van der Waals surface area contributed by atoms with Crippen LogP contribution in [0.3, 0.4) is 0 Å². The summed E-state index contributed by atoms with van der Waals surface area (Å²) in [6.07, 6.45) is 3.01. The van der Waals surface area contributed by atoms with Gasteiger partial charge in [-0.15, -0.1) is 0 Å². The second-order valence-electron chi connectivity index (χ2n) is 6.45. The van der Waals surface area contributed by atoms with Crippen LogP contribution < -0.4 is 5.32 Å². The van der Waals surface area contributed by atoms with Crippen LogP contribution in [0, 0.1) is 5.92 Å². The Bertz CT molecular complexity index is 315. The van der Waals surface area contributed by atoms with Crippen molar-refractivity contribution in [3.8, 4) is 0 Å². The minimum Gasteiger partial charge on any atom is -0.481 e. The van der Waals surface area contributed by atoms with Crippen LogP contribution in [0.5, 0.6) is 0 Å². The van der Waals surface area contributed by atoms with Gasteiger partial charge in [-0.1, -0.05) is 0 Å². The Labute approximate surface area is 115 Å². The highest BCUT2D eigenvalue weighted by Crippen LogP contribution is 2.21. The fourth-order valence-corrected chi connectivity index (χ4v) is 2.42. The molecule has 0 aromatic rings. The molecule has 0 aliphatic carbocycles. The zero-order valence-corrected chi connectivity index (χ0v) is 12.2. The molecule has 1 aliphatic rings. The van der Waals surface area contributed by atoms with Crippen LogP contribution in [0.4, 0.5) is 0 Å². The molecule has 5 nitrogen and oxygen atoms in total. The van der Waals surface area contributed by atoms with Crippen LogP contribution in [0.2, 0.25) is 0 Å². The lowest BCUT2D eigenvalue weighted by Crippen LogP contribution is -2.47. The first-order chi connectivity index (χ1) is 8.76. The second kappa shape index (κ2) is 6.89. The first kappa shape index (κ1) is 16.0. The summed E-state index contributed by atoms with van der Waals surface area (Å²) in [5.74, 6) is -0.151. The van der Waals surface area contributed by atoms with Gasteiger partial charge in [0.05, 0.1) is 6.54 Å². The molecule has 1 aliphatic heterocycles. The highest BCUT2D eigenvalue weighted by Gasteiger charge is 2.22. The molecule has 0 aromatic carbocycles. The molecule has 1 heterocycles. The lowest BCUT2D eigenvalue weighted by atomic mass is 9.92. The average molecular weight is 270 g/mol. The van der Waals surface area contributed by atoms with Crippen molar-refractivity contribution < 1.29 is 14.7 Å². The predicted molar refractivity (Wildman–Crippen MR) is 73.9 cm³/mol. The maximum Gasteiger partial charge on any atom is 0.303 e. The molecule has 0 bridgehead atoms. The van der Waals surface area contributed by atoms with E-state index in [1.54, 1.807) is 0 Å². The third kappa shape index (κ3) is 7.15. The Morgan fingerprint density at radius 2 is 1.84 bits per heavy atom. The molecule has 5 heteroatoms. The lowest BCUT2D eigenvalue weighted by Gasteiger charge is -2.32. The van der Waals surface area contributed by atoms with Gasteiger partial charge in [-0.3, -0.25) is 14.5 Å². The summed E-state index contributed by atoms with van der Waals surface area (Å²) in [6.45, 7) is 8.15. The minimum atomic E-state index is -0.716. The molecule has 0 spiro atoms. The number of carboxylic acids is 1. The largest absolute Gasteiger partial charge is 0.481 e. The lowest BCUT2D eigenvalue weighted by molar-refractivity contribution is -0.137. The Morgan fingerprint density at radius 3 is 2.32 bits per heavy atom. The van der Waals surface area contributed by atoms with Gasteiger partial charge in [-0.25, -0.2) is 0 Å². The number of hydrogen-bond acceptors (Lipinski definition) is 3. The van der Waals surface area contributed by atoms with Crippen molar-refractivity contribution in [1.82, 2.24) is 10.2 Å². The van der Waals surface area contributed by atoms with E-state index in [0.29, 0.717) is 12.5 Å². The number of nitrogens with one attached hydrogen (secondary N) is 1. The maximum atomic E-state index is 11.8. The number of carbonyl (C=O) groups excluding carboxylic acids is 1. The highest BCUT2D eigenvalue weighted by molar-refractivity contribution is 5.78. The second-order valence-corrected chi connectivity index (χ2v) is 6.45. The number of amides is 1. The SMILES string of the molecule is CC(C)(C)NC(=O)CN1CCC(CCC(=O)O)CC1. The van der Waals surface area contributed by atoms with Gasteiger partial charge < -0.3 is 10.4 Å². The molecule has 110 valence electrons. The Balaban J connectivity index is 2.23. The molecule has 0 unspecified atom stereocenters. The first-order valence-electron chi connectivity index (χ1n) is 7.01. The molecule has 19 heavy (non-hydrogen) atoms. The summed E-state index contributed by atoms with van der Waals surface area (Å²) in [7, 11) is 0. The van der Waals surface area contributed by atoms with Gasteiger partial charge in [0, 0.05) is 12.0 Å². The monoisotopic (exact) mass is 270 g/mol. The van der Waals surface area contributed by atoms with Crippen LogP contribution >= 0.6 is 0 Å². The fraction of sp³-hybridized carbons (Fsp3) is 0.857. The Morgan fingerprint density at radius 1 is 1.26 bits per heavy atom. The van der Waals surface area contributed by atoms with Gasteiger partial charge >= 0.3 is 5.97 Å². The zero-order chi connectivity index (χ0) is 14.5. The summed E-state index contributed by atoms with van der Waals surface area (Å²) in [5, 5.41) is 11.6. The van der Waals surface area contributed by atoms with E-state index in [2.05, 4.69) is 10.2 Å². The molecule has 1 rings (SSSR count). The minimum absolute atomic E-state index is 0.0662. The Hall–Kier alpha value is -1.10. The molecule has 1 saturated heterocycles. The van der Waals surface area contributed by atoms with E-state index in [1.807, 2.05) is 20.8 Å². The van der Waals surface area contributed by atoms with Gasteiger partial charge in [-0.05, 0) is 59.0 Å². The van der Waals surface area contributed by atoms with Crippen molar-refractivity contribution >= 4 is 11.9 Å². The van der Waals surface area contributed by atoms with Crippen LogP contribution in [0.1, 0.15) is 46.5 Å². The molecular formula is C14H26N2O3.